The lowest BCUT2D eigenvalue weighted by Crippen LogP contribution is -2.11. The Morgan fingerprint density at radius 3 is 2.58 bits per heavy atom. The zero-order valence-corrected chi connectivity index (χ0v) is 17.6. The van der Waals surface area contributed by atoms with E-state index in [9.17, 15) is 9.59 Å². The highest BCUT2D eigenvalue weighted by molar-refractivity contribution is 6.04. The van der Waals surface area contributed by atoms with Gasteiger partial charge in [0.05, 0.1) is 35.6 Å². The average molecular weight is 437 g/mol. The second-order valence-corrected chi connectivity index (χ2v) is 7.35. The molecular formula is C25H19N5O3. The van der Waals surface area contributed by atoms with Crippen LogP contribution in [0.2, 0.25) is 0 Å². The van der Waals surface area contributed by atoms with Gasteiger partial charge in [0, 0.05) is 28.9 Å². The molecule has 0 fully saturated rings. The Morgan fingerprint density at radius 2 is 1.79 bits per heavy atom. The molecule has 0 unspecified atom stereocenters. The molecule has 0 aliphatic heterocycles. The summed E-state index contributed by atoms with van der Waals surface area (Å²) in [6, 6.07) is 22.0. The van der Waals surface area contributed by atoms with Gasteiger partial charge in [-0.2, -0.15) is 10.2 Å². The molecule has 1 amide bonds. The summed E-state index contributed by atoms with van der Waals surface area (Å²) in [6.45, 7) is 0. The van der Waals surface area contributed by atoms with E-state index >= 15 is 0 Å². The molecule has 5 aromatic rings. The van der Waals surface area contributed by atoms with Gasteiger partial charge in [-0.1, -0.05) is 36.4 Å². The van der Waals surface area contributed by atoms with E-state index in [0.29, 0.717) is 28.1 Å². The molecule has 2 N–H and O–H groups in total. The number of H-pyrrole nitrogens is 1. The van der Waals surface area contributed by atoms with Crippen LogP contribution in [-0.4, -0.2) is 33.0 Å². The third-order valence-corrected chi connectivity index (χ3v) is 5.27. The first-order valence-electron chi connectivity index (χ1n) is 10.2. The Kier molecular flexibility index (Phi) is 5.16. The third-order valence-electron chi connectivity index (χ3n) is 5.27. The molecule has 2 heterocycles. The average Bonchev–Trinajstić information content (AvgIpc) is 3.36. The zero-order valence-electron chi connectivity index (χ0n) is 17.6. The summed E-state index contributed by atoms with van der Waals surface area (Å²) in [5.41, 5.74) is 3.11. The minimum absolute atomic E-state index is 0.229. The molecule has 0 radical (unpaired) electrons. The molecule has 162 valence electrons. The molecular weight excluding hydrogens is 418 g/mol. The van der Waals surface area contributed by atoms with Crippen LogP contribution in [0.4, 0.5) is 5.69 Å². The van der Waals surface area contributed by atoms with Gasteiger partial charge in [-0.25, -0.2) is 9.78 Å². The molecule has 0 aliphatic carbocycles. The molecule has 33 heavy (non-hydrogen) atoms. The van der Waals surface area contributed by atoms with Crippen LogP contribution < -0.4 is 15.6 Å². The lowest BCUT2D eigenvalue weighted by molar-refractivity contribution is 0.102. The maximum absolute atomic E-state index is 12.7. The van der Waals surface area contributed by atoms with Gasteiger partial charge in [0.15, 0.2) is 0 Å². The number of rotatable bonds is 5. The Balaban J connectivity index is 1.35. The van der Waals surface area contributed by atoms with Gasteiger partial charge in [0.25, 0.3) is 11.5 Å². The summed E-state index contributed by atoms with van der Waals surface area (Å²) in [5, 5.41) is 15.3. The number of carbonyl (C=O) groups is 1. The normalized spacial score (nSPS) is 10.8. The van der Waals surface area contributed by atoms with Crippen LogP contribution in [0, 0.1) is 0 Å². The molecule has 0 bridgehead atoms. The van der Waals surface area contributed by atoms with E-state index < -0.39 is 0 Å². The number of methoxy groups -OCH3 is 1. The molecule has 8 nitrogen and oxygen atoms in total. The first-order chi connectivity index (χ1) is 16.1. The van der Waals surface area contributed by atoms with Crippen LogP contribution in [0.3, 0.4) is 0 Å². The number of carbonyl (C=O) groups excluding carboxylic acids is 1. The lowest BCUT2D eigenvalue weighted by Gasteiger charge is -2.07. The highest BCUT2D eigenvalue weighted by atomic mass is 16.5. The van der Waals surface area contributed by atoms with E-state index in [-0.39, 0.29) is 11.5 Å². The molecule has 0 saturated heterocycles. The van der Waals surface area contributed by atoms with Crippen LogP contribution in [0.15, 0.2) is 90.0 Å². The Labute approximate surface area is 188 Å². The summed E-state index contributed by atoms with van der Waals surface area (Å²) in [7, 11) is 1.60. The fourth-order valence-corrected chi connectivity index (χ4v) is 3.58. The van der Waals surface area contributed by atoms with Gasteiger partial charge in [0.2, 0.25) is 0 Å². The van der Waals surface area contributed by atoms with Crippen molar-refractivity contribution >= 4 is 22.4 Å². The number of hydrogen-bond donors (Lipinski definition) is 2. The first kappa shape index (κ1) is 20.2. The van der Waals surface area contributed by atoms with Crippen molar-refractivity contribution in [1.82, 2.24) is 20.0 Å². The van der Waals surface area contributed by atoms with Crippen LogP contribution in [0.25, 0.3) is 27.7 Å². The molecule has 0 saturated carbocycles. The van der Waals surface area contributed by atoms with Crippen molar-refractivity contribution in [2.45, 2.75) is 0 Å². The number of nitrogens with one attached hydrogen (secondary N) is 2. The molecule has 0 aliphatic rings. The van der Waals surface area contributed by atoms with Crippen molar-refractivity contribution in [3.8, 4) is 22.7 Å². The van der Waals surface area contributed by atoms with Crippen molar-refractivity contribution < 1.29 is 9.53 Å². The van der Waals surface area contributed by atoms with Gasteiger partial charge in [0.1, 0.15) is 5.75 Å². The highest BCUT2D eigenvalue weighted by Crippen LogP contribution is 2.25. The number of benzene rings is 3. The van der Waals surface area contributed by atoms with Gasteiger partial charge in [-0.15, -0.1) is 0 Å². The predicted octanol–water partition coefficient (Wildman–Crippen LogP) is 4.04. The molecule has 8 heteroatoms. The number of nitrogens with zero attached hydrogens (tertiary/aromatic N) is 3. The topological polar surface area (TPSA) is 102 Å². The number of aromatic amines is 1. The number of aromatic nitrogens is 4. The summed E-state index contributed by atoms with van der Waals surface area (Å²) in [4.78, 5) is 24.7. The third kappa shape index (κ3) is 3.97. The quantitative estimate of drug-likeness (QED) is 0.432. The molecule has 5 rings (SSSR count). The minimum Gasteiger partial charge on any atom is -0.497 e. The smallest absolute Gasteiger partial charge is 0.272 e. The molecule has 0 spiro atoms. The van der Waals surface area contributed by atoms with Crippen LogP contribution >= 0.6 is 0 Å². The van der Waals surface area contributed by atoms with Gasteiger partial charge >= 0.3 is 0 Å². The van der Waals surface area contributed by atoms with Gasteiger partial charge in [-0.3, -0.25) is 9.59 Å². The van der Waals surface area contributed by atoms with Crippen LogP contribution in [0.5, 0.6) is 5.75 Å². The number of anilines is 1. The van der Waals surface area contributed by atoms with Crippen molar-refractivity contribution in [2.75, 3.05) is 12.4 Å². The number of fused-ring (bicyclic) bond motifs is 1. The second kappa shape index (κ2) is 8.43. The standard InChI is InChI=1S/C25H19N5O3/c1-33-20-6-4-5-19(13-20)30-15-17(14-26-30)24(31)27-18-11-9-16(10-12-18)23-21-7-2-3-8-22(21)25(32)29-28-23/h2-15H,1H3,(H,27,31)(H,29,32). The van der Waals surface area contributed by atoms with E-state index in [1.807, 2.05) is 54.6 Å². The molecule has 2 aromatic heterocycles. The van der Waals surface area contributed by atoms with E-state index in [1.165, 1.54) is 6.20 Å². The zero-order chi connectivity index (χ0) is 22.8. The summed E-state index contributed by atoms with van der Waals surface area (Å²) < 4.78 is 6.86. The Bertz CT molecular complexity index is 1520. The van der Waals surface area contributed by atoms with E-state index in [0.717, 1.165) is 16.6 Å². The van der Waals surface area contributed by atoms with Gasteiger partial charge in [-0.05, 0) is 30.3 Å². The number of amides is 1. The lowest BCUT2D eigenvalue weighted by atomic mass is 10.0. The fraction of sp³-hybridized carbons (Fsp3) is 0.0400. The van der Waals surface area contributed by atoms with Crippen molar-refractivity contribution in [2.24, 2.45) is 0 Å². The van der Waals surface area contributed by atoms with Crippen LogP contribution in [-0.2, 0) is 0 Å². The first-order valence-corrected chi connectivity index (χ1v) is 10.2. The SMILES string of the molecule is COc1cccc(-n2cc(C(=O)Nc3ccc(-c4n[nH]c(=O)c5ccccc45)cc3)cn2)c1. The molecule has 3 aromatic carbocycles. The largest absolute Gasteiger partial charge is 0.497 e. The maximum atomic E-state index is 12.7. The summed E-state index contributed by atoms with van der Waals surface area (Å²) >= 11 is 0. The van der Waals surface area contributed by atoms with Crippen molar-refractivity contribution in [3.05, 3.63) is 101 Å². The van der Waals surface area contributed by atoms with Crippen molar-refractivity contribution in [3.63, 3.8) is 0 Å². The highest BCUT2D eigenvalue weighted by Gasteiger charge is 2.12. The second-order valence-electron chi connectivity index (χ2n) is 7.35. The monoisotopic (exact) mass is 437 g/mol. The molecule has 0 atom stereocenters. The minimum atomic E-state index is -0.274. The summed E-state index contributed by atoms with van der Waals surface area (Å²) in [5.74, 6) is 0.434. The van der Waals surface area contributed by atoms with E-state index in [1.54, 1.807) is 36.2 Å². The van der Waals surface area contributed by atoms with Crippen LogP contribution in [0.1, 0.15) is 10.4 Å². The van der Waals surface area contributed by atoms with E-state index in [4.69, 9.17) is 4.74 Å². The Morgan fingerprint density at radius 1 is 1.00 bits per heavy atom. The van der Waals surface area contributed by atoms with E-state index in [2.05, 4.69) is 20.6 Å². The maximum Gasteiger partial charge on any atom is 0.272 e. The summed E-state index contributed by atoms with van der Waals surface area (Å²) in [6.07, 6.45) is 3.17. The van der Waals surface area contributed by atoms with Crippen molar-refractivity contribution in [1.29, 1.82) is 0 Å². The fourth-order valence-electron chi connectivity index (χ4n) is 3.58. The number of hydrogen-bond acceptors (Lipinski definition) is 5. The van der Waals surface area contributed by atoms with Gasteiger partial charge < -0.3 is 10.1 Å². The number of ether oxygens (including phenoxy) is 1. The predicted molar refractivity (Wildman–Crippen MR) is 126 cm³/mol. The Hall–Kier alpha value is -4.72.